The van der Waals surface area contributed by atoms with Crippen molar-refractivity contribution in [2.45, 2.75) is 25.4 Å². The molecular weight excluding hydrogens is 287 g/mol. The van der Waals surface area contributed by atoms with Gasteiger partial charge in [0.1, 0.15) is 5.82 Å². The number of carboxylic acid groups (broad SMARTS) is 1. The van der Waals surface area contributed by atoms with Gasteiger partial charge in [-0.25, -0.2) is 9.18 Å². The highest BCUT2D eigenvalue weighted by Crippen LogP contribution is 2.22. The first kappa shape index (κ1) is 15.6. The van der Waals surface area contributed by atoms with Crippen molar-refractivity contribution < 1.29 is 14.3 Å². The summed E-state index contributed by atoms with van der Waals surface area (Å²) < 4.78 is 13.1. The number of hydrogen-bond acceptors (Lipinski definition) is 2. The summed E-state index contributed by atoms with van der Waals surface area (Å²) in [6.07, 6.45) is 0. The first-order valence-corrected chi connectivity index (χ1v) is 7.78. The van der Waals surface area contributed by atoms with Gasteiger partial charge in [0.15, 0.2) is 0 Å². The number of aromatic carboxylic acids is 1. The van der Waals surface area contributed by atoms with Gasteiger partial charge < -0.3 is 5.11 Å². The lowest BCUT2D eigenvalue weighted by Gasteiger charge is -2.08. The number of halogens is 1. The van der Waals surface area contributed by atoms with Crippen LogP contribution in [0.1, 0.15) is 32.6 Å². The molecule has 0 unspecified atom stereocenters. The fourth-order valence-corrected chi connectivity index (χ4v) is 3.28. The molecule has 0 radical (unpaired) electrons. The molecule has 0 atom stereocenters. The molecule has 0 saturated heterocycles. The minimum Gasteiger partial charge on any atom is -0.478 e. The molecule has 0 saturated carbocycles. The number of carboxylic acids is 1. The van der Waals surface area contributed by atoms with E-state index in [4.69, 9.17) is 5.11 Å². The summed E-state index contributed by atoms with van der Waals surface area (Å²) in [5.74, 6) is -0.250. The smallest absolute Gasteiger partial charge is 0.336 e. The highest BCUT2D eigenvalue weighted by molar-refractivity contribution is 7.97. The van der Waals surface area contributed by atoms with E-state index in [1.165, 1.54) is 22.8 Å². The van der Waals surface area contributed by atoms with E-state index in [2.05, 4.69) is 32.0 Å². The summed E-state index contributed by atoms with van der Waals surface area (Å²) in [5.41, 5.74) is 4.36. The maximum absolute atomic E-state index is 13.1. The lowest BCUT2D eigenvalue weighted by atomic mass is 10.1. The molecule has 0 aliphatic heterocycles. The van der Waals surface area contributed by atoms with E-state index in [1.807, 2.05) is 0 Å². The molecule has 0 bridgehead atoms. The second-order valence-corrected chi connectivity index (χ2v) is 6.08. The Morgan fingerprint density at radius 1 is 1.10 bits per heavy atom. The first-order valence-electron chi connectivity index (χ1n) is 6.62. The summed E-state index contributed by atoms with van der Waals surface area (Å²) in [4.78, 5) is 11.1. The predicted molar refractivity (Wildman–Crippen MR) is 84.3 cm³/mol. The van der Waals surface area contributed by atoms with Gasteiger partial charge in [0.2, 0.25) is 0 Å². The molecule has 2 aromatic carbocycles. The fraction of sp³-hybridized carbons (Fsp3) is 0.235. The summed E-state index contributed by atoms with van der Waals surface area (Å²) in [7, 11) is 0. The zero-order chi connectivity index (χ0) is 15.4. The van der Waals surface area contributed by atoms with Crippen LogP contribution in [0.5, 0.6) is 0 Å². The average molecular weight is 304 g/mol. The Morgan fingerprint density at radius 3 is 2.38 bits per heavy atom. The van der Waals surface area contributed by atoms with Crippen LogP contribution in [0, 0.1) is 19.7 Å². The van der Waals surface area contributed by atoms with Crippen LogP contribution in [0.3, 0.4) is 0 Å². The van der Waals surface area contributed by atoms with Gasteiger partial charge in [-0.15, -0.1) is 0 Å². The number of rotatable bonds is 5. The minimum atomic E-state index is -1.09. The fourth-order valence-electron chi connectivity index (χ4n) is 2.30. The maximum atomic E-state index is 13.1. The minimum absolute atomic E-state index is 0.0444. The molecule has 0 fully saturated rings. The van der Waals surface area contributed by atoms with Crippen molar-refractivity contribution in [2.75, 3.05) is 0 Å². The molecule has 0 amide bonds. The highest BCUT2D eigenvalue weighted by atomic mass is 32.2. The second kappa shape index (κ2) is 6.76. The van der Waals surface area contributed by atoms with Gasteiger partial charge >= 0.3 is 5.97 Å². The zero-order valence-corrected chi connectivity index (χ0v) is 12.8. The molecular formula is C17H17FO2S. The first-order chi connectivity index (χ1) is 9.95. The summed E-state index contributed by atoms with van der Waals surface area (Å²) in [5, 5.41) is 9.10. The van der Waals surface area contributed by atoms with Crippen LogP contribution in [0.4, 0.5) is 4.39 Å². The second-order valence-electron chi connectivity index (χ2n) is 5.10. The van der Waals surface area contributed by atoms with Gasteiger partial charge in [0.25, 0.3) is 0 Å². The van der Waals surface area contributed by atoms with E-state index >= 15 is 0 Å². The SMILES string of the molecule is Cc1cc(C)cc(CSCc2ccc(F)cc2C(=O)O)c1. The van der Waals surface area contributed by atoms with Crippen LogP contribution in [-0.4, -0.2) is 11.1 Å². The molecule has 0 aliphatic carbocycles. The largest absolute Gasteiger partial charge is 0.478 e. The van der Waals surface area contributed by atoms with Crippen molar-refractivity contribution in [1.82, 2.24) is 0 Å². The summed E-state index contributed by atoms with van der Waals surface area (Å²) >= 11 is 1.63. The Morgan fingerprint density at radius 2 is 1.76 bits per heavy atom. The van der Waals surface area contributed by atoms with E-state index in [1.54, 1.807) is 17.8 Å². The van der Waals surface area contributed by atoms with Crippen LogP contribution in [-0.2, 0) is 11.5 Å². The van der Waals surface area contributed by atoms with Gasteiger partial charge in [-0.2, -0.15) is 11.8 Å². The topological polar surface area (TPSA) is 37.3 Å². The Bertz CT molecular complexity index is 648. The van der Waals surface area contributed by atoms with E-state index in [0.717, 1.165) is 11.8 Å². The molecule has 110 valence electrons. The Kier molecular flexibility index (Phi) is 5.02. The van der Waals surface area contributed by atoms with Gasteiger partial charge in [-0.3, -0.25) is 0 Å². The molecule has 21 heavy (non-hydrogen) atoms. The molecule has 1 N–H and O–H groups in total. The quantitative estimate of drug-likeness (QED) is 0.879. The van der Waals surface area contributed by atoms with Crippen LogP contribution in [0.2, 0.25) is 0 Å². The van der Waals surface area contributed by atoms with Crippen LogP contribution >= 0.6 is 11.8 Å². The molecule has 4 heteroatoms. The van der Waals surface area contributed by atoms with Crippen molar-refractivity contribution in [3.05, 3.63) is 70.0 Å². The predicted octanol–water partition coefficient (Wildman–Crippen LogP) is 4.57. The van der Waals surface area contributed by atoms with Crippen molar-refractivity contribution in [3.8, 4) is 0 Å². The number of carbonyl (C=O) groups is 1. The van der Waals surface area contributed by atoms with E-state index < -0.39 is 11.8 Å². The van der Waals surface area contributed by atoms with Crippen molar-refractivity contribution >= 4 is 17.7 Å². The molecule has 2 rings (SSSR count). The summed E-state index contributed by atoms with van der Waals surface area (Å²) in [6.45, 7) is 4.12. The highest BCUT2D eigenvalue weighted by Gasteiger charge is 2.11. The van der Waals surface area contributed by atoms with E-state index in [9.17, 15) is 9.18 Å². The third-order valence-electron chi connectivity index (χ3n) is 3.11. The maximum Gasteiger partial charge on any atom is 0.336 e. The number of aryl methyl sites for hydroxylation is 2. The van der Waals surface area contributed by atoms with Gasteiger partial charge in [0, 0.05) is 11.5 Å². The van der Waals surface area contributed by atoms with E-state index in [0.29, 0.717) is 11.3 Å². The zero-order valence-electron chi connectivity index (χ0n) is 12.0. The molecule has 0 spiro atoms. The Hall–Kier alpha value is -1.81. The number of benzene rings is 2. The van der Waals surface area contributed by atoms with Crippen LogP contribution in [0.15, 0.2) is 36.4 Å². The molecule has 0 aromatic heterocycles. The standard InChI is InChI=1S/C17H17FO2S/c1-11-5-12(2)7-13(6-11)9-21-10-14-3-4-15(18)8-16(14)17(19)20/h3-8H,9-10H2,1-2H3,(H,19,20). The van der Waals surface area contributed by atoms with Crippen molar-refractivity contribution in [3.63, 3.8) is 0 Å². The average Bonchev–Trinajstić information content (AvgIpc) is 2.39. The monoisotopic (exact) mass is 304 g/mol. The van der Waals surface area contributed by atoms with E-state index in [-0.39, 0.29) is 5.56 Å². The lowest BCUT2D eigenvalue weighted by molar-refractivity contribution is 0.0695. The van der Waals surface area contributed by atoms with Gasteiger partial charge in [0.05, 0.1) is 5.56 Å². The molecule has 2 aromatic rings. The molecule has 2 nitrogen and oxygen atoms in total. The molecule has 0 aliphatic rings. The van der Waals surface area contributed by atoms with Crippen molar-refractivity contribution in [1.29, 1.82) is 0 Å². The third kappa shape index (κ3) is 4.33. The third-order valence-corrected chi connectivity index (χ3v) is 4.16. The Balaban J connectivity index is 2.05. The normalized spacial score (nSPS) is 10.6. The van der Waals surface area contributed by atoms with Crippen molar-refractivity contribution in [2.24, 2.45) is 0 Å². The van der Waals surface area contributed by atoms with Crippen LogP contribution < -0.4 is 0 Å². The van der Waals surface area contributed by atoms with Crippen LogP contribution in [0.25, 0.3) is 0 Å². The summed E-state index contributed by atoms with van der Waals surface area (Å²) in [6, 6.07) is 10.3. The Labute approximate surface area is 128 Å². The van der Waals surface area contributed by atoms with Gasteiger partial charge in [-0.05, 0) is 37.1 Å². The van der Waals surface area contributed by atoms with Gasteiger partial charge in [-0.1, -0.05) is 35.4 Å². The lowest BCUT2D eigenvalue weighted by Crippen LogP contribution is -2.02. The molecule has 0 heterocycles. The number of hydrogen-bond donors (Lipinski definition) is 1. The number of thioether (sulfide) groups is 1.